The van der Waals surface area contributed by atoms with Gasteiger partial charge in [0.2, 0.25) is 10.0 Å². The quantitative estimate of drug-likeness (QED) is 0.848. The third kappa shape index (κ3) is 2.88. The molecule has 1 aromatic carbocycles. The Morgan fingerprint density at radius 1 is 1.44 bits per heavy atom. The number of sulfonamides is 1. The van der Waals surface area contributed by atoms with Gasteiger partial charge in [0.05, 0.1) is 4.90 Å². The highest BCUT2D eigenvalue weighted by atomic mass is 32.2. The highest BCUT2D eigenvalue weighted by molar-refractivity contribution is 7.89. The Labute approximate surface area is 106 Å². The Kier molecular flexibility index (Phi) is 3.70. The maximum Gasteiger partial charge on any atom is 0.240 e. The lowest BCUT2D eigenvalue weighted by molar-refractivity contribution is 0.574. The molecular formula is C12H17FN2O2S. The summed E-state index contributed by atoms with van der Waals surface area (Å²) in [5, 5.41) is 0. The average molecular weight is 272 g/mol. The molecule has 0 amide bonds. The Balaban J connectivity index is 2.28. The maximum atomic E-state index is 13.6. The van der Waals surface area contributed by atoms with E-state index in [-0.39, 0.29) is 17.0 Å². The molecule has 18 heavy (non-hydrogen) atoms. The topological polar surface area (TPSA) is 72.2 Å². The third-order valence-electron chi connectivity index (χ3n) is 3.09. The molecule has 1 aliphatic carbocycles. The Hall–Kier alpha value is -0.980. The molecule has 4 nitrogen and oxygen atoms in total. The molecule has 1 aliphatic rings. The summed E-state index contributed by atoms with van der Waals surface area (Å²) >= 11 is 0. The van der Waals surface area contributed by atoms with Crippen LogP contribution in [0.1, 0.15) is 24.0 Å². The summed E-state index contributed by atoms with van der Waals surface area (Å²) in [7, 11) is -3.56. The molecule has 0 bridgehead atoms. The van der Waals surface area contributed by atoms with Crippen LogP contribution in [-0.2, 0) is 16.6 Å². The molecule has 6 heteroatoms. The van der Waals surface area contributed by atoms with Gasteiger partial charge in [0.15, 0.2) is 0 Å². The van der Waals surface area contributed by atoms with E-state index in [1.165, 1.54) is 19.1 Å². The first-order valence-electron chi connectivity index (χ1n) is 5.93. The third-order valence-corrected chi connectivity index (χ3v) is 4.50. The monoisotopic (exact) mass is 272 g/mol. The first-order chi connectivity index (χ1) is 8.44. The summed E-state index contributed by atoms with van der Waals surface area (Å²) in [6.45, 7) is 1.98. The Bertz CT molecular complexity index is 553. The molecule has 0 aliphatic heterocycles. The van der Waals surface area contributed by atoms with Crippen molar-refractivity contribution in [2.45, 2.75) is 31.2 Å². The van der Waals surface area contributed by atoms with E-state index in [4.69, 9.17) is 5.73 Å². The van der Waals surface area contributed by atoms with Crippen LogP contribution < -0.4 is 10.5 Å². The SMILES string of the molecule is Cc1cc(S(=O)(=O)NCC2CC2)cc(CN)c1F. The predicted octanol–water partition coefficient (Wildman–Crippen LogP) is 1.28. The molecule has 0 heterocycles. The summed E-state index contributed by atoms with van der Waals surface area (Å²) in [6, 6.07) is 2.64. The molecule has 0 spiro atoms. The van der Waals surface area contributed by atoms with E-state index in [1.807, 2.05) is 0 Å². The molecule has 0 saturated heterocycles. The largest absolute Gasteiger partial charge is 0.326 e. The zero-order valence-electron chi connectivity index (χ0n) is 10.2. The van der Waals surface area contributed by atoms with Crippen molar-refractivity contribution in [1.29, 1.82) is 0 Å². The van der Waals surface area contributed by atoms with E-state index in [2.05, 4.69) is 4.72 Å². The Morgan fingerprint density at radius 3 is 2.67 bits per heavy atom. The second-order valence-corrected chi connectivity index (χ2v) is 6.48. The van der Waals surface area contributed by atoms with Crippen molar-refractivity contribution >= 4 is 10.0 Å². The molecule has 0 atom stereocenters. The van der Waals surface area contributed by atoms with Crippen LogP contribution in [0, 0.1) is 18.7 Å². The van der Waals surface area contributed by atoms with Crippen molar-refractivity contribution in [3.05, 3.63) is 29.1 Å². The van der Waals surface area contributed by atoms with Crippen LogP contribution >= 0.6 is 0 Å². The summed E-state index contributed by atoms with van der Waals surface area (Å²) in [5.41, 5.74) is 5.93. The lowest BCUT2D eigenvalue weighted by Crippen LogP contribution is -2.26. The van der Waals surface area contributed by atoms with Crippen LogP contribution in [0.15, 0.2) is 17.0 Å². The van der Waals surface area contributed by atoms with Crippen LogP contribution in [0.5, 0.6) is 0 Å². The number of nitrogens with one attached hydrogen (secondary N) is 1. The van der Waals surface area contributed by atoms with Crippen molar-refractivity contribution in [1.82, 2.24) is 4.72 Å². The van der Waals surface area contributed by atoms with Crippen molar-refractivity contribution in [3.8, 4) is 0 Å². The summed E-state index contributed by atoms with van der Waals surface area (Å²) in [4.78, 5) is 0.0856. The highest BCUT2D eigenvalue weighted by Gasteiger charge is 2.25. The standard InChI is InChI=1S/C12H17FN2O2S/c1-8-4-11(5-10(6-14)12(8)13)18(16,17)15-7-9-2-3-9/h4-5,9,15H,2-3,6-7,14H2,1H3. The zero-order valence-corrected chi connectivity index (χ0v) is 11.1. The number of halogens is 1. The van der Waals surface area contributed by atoms with E-state index in [1.54, 1.807) is 0 Å². The molecule has 3 N–H and O–H groups in total. The van der Waals surface area contributed by atoms with Gasteiger partial charge in [-0.25, -0.2) is 17.5 Å². The first kappa shape index (κ1) is 13.5. The van der Waals surface area contributed by atoms with Gasteiger partial charge >= 0.3 is 0 Å². The van der Waals surface area contributed by atoms with Gasteiger partial charge in [-0.05, 0) is 43.4 Å². The van der Waals surface area contributed by atoms with Crippen LogP contribution in [0.2, 0.25) is 0 Å². The molecule has 1 fully saturated rings. The molecule has 0 unspecified atom stereocenters. The van der Waals surface area contributed by atoms with Gasteiger partial charge in [-0.15, -0.1) is 0 Å². The van der Waals surface area contributed by atoms with Gasteiger partial charge in [-0.2, -0.15) is 0 Å². The van der Waals surface area contributed by atoms with Gasteiger partial charge in [0.25, 0.3) is 0 Å². The minimum absolute atomic E-state index is 0.0152. The van der Waals surface area contributed by atoms with Gasteiger partial charge < -0.3 is 5.73 Å². The number of nitrogens with two attached hydrogens (primary N) is 1. The van der Waals surface area contributed by atoms with E-state index < -0.39 is 15.8 Å². The molecule has 1 saturated carbocycles. The van der Waals surface area contributed by atoms with Crippen LogP contribution in [0.3, 0.4) is 0 Å². The fourth-order valence-corrected chi connectivity index (χ4v) is 2.99. The number of hydrogen-bond acceptors (Lipinski definition) is 3. The first-order valence-corrected chi connectivity index (χ1v) is 7.41. The molecule has 2 rings (SSSR count). The Morgan fingerprint density at radius 2 is 2.11 bits per heavy atom. The van der Waals surface area contributed by atoms with Crippen molar-refractivity contribution < 1.29 is 12.8 Å². The minimum Gasteiger partial charge on any atom is -0.326 e. The average Bonchev–Trinajstić information content (AvgIpc) is 3.14. The van der Waals surface area contributed by atoms with Gasteiger partial charge in [0, 0.05) is 18.7 Å². The lowest BCUT2D eigenvalue weighted by Gasteiger charge is -2.10. The van der Waals surface area contributed by atoms with E-state index in [0.717, 1.165) is 12.8 Å². The second kappa shape index (κ2) is 4.95. The smallest absolute Gasteiger partial charge is 0.240 e. The van der Waals surface area contributed by atoms with Crippen LogP contribution in [0.25, 0.3) is 0 Å². The van der Waals surface area contributed by atoms with Crippen molar-refractivity contribution in [2.24, 2.45) is 11.7 Å². The van der Waals surface area contributed by atoms with Crippen LogP contribution in [0.4, 0.5) is 4.39 Å². The number of rotatable bonds is 5. The van der Waals surface area contributed by atoms with Gasteiger partial charge in [0.1, 0.15) is 5.82 Å². The van der Waals surface area contributed by atoms with E-state index >= 15 is 0 Å². The van der Waals surface area contributed by atoms with Gasteiger partial charge in [-0.3, -0.25) is 0 Å². The van der Waals surface area contributed by atoms with E-state index in [0.29, 0.717) is 18.0 Å². The highest BCUT2D eigenvalue weighted by Crippen LogP contribution is 2.28. The zero-order chi connectivity index (χ0) is 13.3. The lowest BCUT2D eigenvalue weighted by atomic mass is 10.1. The molecule has 0 radical (unpaired) electrons. The van der Waals surface area contributed by atoms with Gasteiger partial charge in [-0.1, -0.05) is 0 Å². The number of benzene rings is 1. The fraction of sp³-hybridized carbons (Fsp3) is 0.500. The van der Waals surface area contributed by atoms with Crippen molar-refractivity contribution in [3.63, 3.8) is 0 Å². The van der Waals surface area contributed by atoms with Crippen molar-refractivity contribution in [2.75, 3.05) is 6.54 Å². The normalized spacial score (nSPS) is 15.9. The van der Waals surface area contributed by atoms with E-state index in [9.17, 15) is 12.8 Å². The summed E-state index contributed by atoms with van der Waals surface area (Å²) < 4.78 is 40.2. The molecule has 0 aromatic heterocycles. The minimum atomic E-state index is -3.56. The number of hydrogen-bond donors (Lipinski definition) is 2. The predicted molar refractivity (Wildman–Crippen MR) is 66.9 cm³/mol. The maximum absolute atomic E-state index is 13.6. The van der Waals surface area contributed by atoms with Crippen LogP contribution in [-0.4, -0.2) is 15.0 Å². The fourth-order valence-electron chi connectivity index (χ4n) is 1.74. The second-order valence-electron chi connectivity index (χ2n) is 4.71. The summed E-state index contributed by atoms with van der Waals surface area (Å²) in [6.07, 6.45) is 2.14. The summed E-state index contributed by atoms with van der Waals surface area (Å²) in [5.74, 6) is 0.0222. The molecule has 1 aromatic rings. The molecule has 100 valence electrons. The molecular weight excluding hydrogens is 255 g/mol. The number of aryl methyl sites for hydroxylation is 1.